The number of nitrogens with zero attached hydrogens (tertiary/aromatic N) is 2. The highest BCUT2D eigenvalue weighted by Crippen LogP contribution is 2.38. The van der Waals surface area contributed by atoms with Gasteiger partial charge in [-0.2, -0.15) is 0 Å². The van der Waals surface area contributed by atoms with Crippen molar-refractivity contribution in [1.82, 2.24) is 9.55 Å². The van der Waals surface area contributed by atoms with Crippen molar-refractivity contribution in [1.29, 1.82) is 0 Å². The zero-order valence-electron chi connectivity index (χ0n) is 17.2. The molecule has 0 spiro atoms. The minimum atomic E-state index is -0.457. The highest BCUT2D eigenvalue weighted by molar-refractivity contribution is 7.71. The fourth-order valence-electron chi connectivity index (χ4n) is 3.92. The third kappa shape index (κ3) is 3.31. The van der Waals surface area contributed by atoms with E-state index in [-0.39, 0.29) is 16.2 Å². The van der Waals surface area contributed by atoms with E-state index < -0.39 is 5.56 Å². The van der Waals surface area contributed by atoms with Gasteiger partial charge in [0.15, 0.2) is 4.77 Å². The van der Waals surface area contributed by atoms with Crippen molar-refractivity contribution in [2.24, 2.45) is 4.99 Å². The Morgan fingerprint density at radius 3 is 2.44 bits per heavy atom. The van der Waals surface area contributed by atoms with Crippen LogP contribution in [0, 0.1) is 11.7 Å². The maximum absolute atomic E-state index is 12.9. The number of H-pyrrole nitrogens is 1. The molecule has 0 amide bonds. The second-order valence-corrected chi connectivity index (χ2v) is 7.91. The van der Waals surface area contributed by atoms with Crippen LogP contribution in [0.2, 0.25) is 0 Å². The lowest BCUT2D eigenvalue weighted by atomic mass is 9.96. The predicted molar refractivity (Wildman–Crippen MR) is 131 cm³/mol. The monoisotopic (exact) mass is 437 g/mol. The number of allylic oxidation sites excluding steroid dienone is 1. The SMILES string of the molecule is Cc1ccccc1-n1c(O)c(C=C2C(c3ccccc3)=Nc3ccccc32)c(=O)[nH]c1=S. The van der Waals surface area contributed by atoms with Gasteiger partial charge in [0.2, 0.25) is 5.88 Å². The van der Waals surface area contributed by atoms with Gasteiger partial charge in [0.1, 0.15) is 5.56 Å². The van der Waals surface area contributed by atoms with E-state index >= 15 is 0 Å². The third-order valence-corrected chi connectivity index (χ3v) is 5.78. The minimum absolute atomic E-state index is 0.122. The Balaban J connectivity index is 1.77. The molecule has 4 aromatic rings. The van der Waals surface area contributed by atoms with Crippen molar-refractivity contribution in [3.05, 3.63) is 116 Å². The zero-order chi connectivity index (χ0) is 22.2. The van der Waals surface area contributed by atoms with Gasteiger partial charge >= 0.3 is 0 Å². The molecule has 156 valence electrons. The summed E-state index contributed by atoms with van der Waals surface area (Å²) in [7, 11) is 0. The normalized spacial score (nSPS) is 13.8. The van der Waals surface area contributed by atoms with Crippen LogP contribution >= 0.6 is 12.2 Å². The summed E-state index contributed by atoms with van der Waals surface area (Å²) in [6.07, 6.45) is 1.69. The number of benzene rings is 3. The number of fused-ring (bicyclic) bond motifs is 1. The van der Waals surface area contributed by atoms with Crippen LogP contribution in [0.1, 0.15) is 22.3 Å². The Hall–Kier alpha value is -4.03. The van der Waals surface area contributed by atoms with Gasteiger partial charge in [0, 0.05) is 16.7 Å². The number of aromatic hydroxyl groups is 1. The first kappa shape index (κ1) is 19.9. The molecule has 2 heterocycles. The summed E-state index contributed by atoms with van der Waals surface area (Å²) in [6.45, 7) is 1.92. The smallest absolute Gasteiger partial charge is 0.262 e. The van der Waals surface area contributed by atoms with Crippen molar-refractivity contribution in [3.8, 4) is 11.6 Å². The maximum atomic E-state index is 12.9. The lowest BCUT2D eigenvalue weighted by Gasteiger charge is -2.14. The summed E-state index contributed by atoms with van der Waals surface area (Å²) in [5.41, 5.74) is 5.44. The van der Waals surface area contributed by atoms with E-state index in [9.17, 15) is 9.90 Å². The predicted octanol–water partition coefficient (Wildman–Crippen LogP) is 5.58. The molecule has 0 atom stereocenters. The van der Waals surface area contributed by atoms with Crippen LogP contribution in [0.25, 0.3) is 17.3 Å². The van der Waals surface area contributed by atoms with Crippen LogP contribution in [0.4, 0.5) is 5.69 Å². The van der Waals surface area contributed by atoms with Crippen molar-refractivity contribution in [3.63, 3.8) is 0 Å². The van der Waals surface area contributed by atoms with E-state index in [2.05, 4.69) is 4.98 Å². The van der Waals surface area contributed by atoms with Crippen molar-refractivity contribution >= 4 is 35.3 Å². The molecule has 5 rings (SSSR count). The molecule has 1 aliphatic rings. The van der Waals surface area contributed by atoms with Gasteiger partial charge in [-0.25, -0.2) is 4.99 Å². The molecule has 5 nitrogen and oxygen atoms in total. The van der Waals surface area contributed by atoms with Crippen LogP contribution in [0.3, 0.4) is 0 Å². The number of hydrogen-bond acceptors (Lipinski definition) is 4. The van der Waals surface area contributed by atoms with Gasteiger partial charge in [-0.3, -0.25) is 14.3 Å². The van der Waals surface area contributed by atoms with Gasteiger partial charge in [-0.1, -0.05) is 66.7 Å². The first-order valence-electron chi connectivity index (χ1n) is 10.1. The first-order valence-corrected chi connectivity index (χ1v) is 10.6. The molecule has 6 heteroatoms. The summed E-state index contributed by atoms with van der Waals surface area (Å²) < 4.78 is 1.62. The number of nitrogens with one attached hydrogen (secondary N) is 1. The Morgan fingerprint density at radius 1 is 0.969 bits per heavy atom. The average molecular weight is 438 g/mol. The van der Waals surface area contributed by atoms with Crippen LogP contribution < -0.4 is 5.56 Å². The second-order valence-electron chi connectivity index (χ2n) is 7.52. The number of para-hydroxylation sites is 2. The van der Waals surface area contributed by atoms with Crippen LogP contribution in [0.15, 0.2) is 88.6 Å². The number of rotatable bonds is 3. The maximum Gasteiger partial charge on any atom is 0.262 e. The number of hydrogen-bond donors (Lipinski definition) is 2. The van der Waals surface area contributed by atoms with E-state index in [1.165, 1.54) is 4.57 Å². The molecule has 0 radical (unpaired) electrons. The number of aromatic amines is 1. The molecule has 32 heavy (non-hydrogen) atoms. The largest absolute Gasteiger partial charge is 0.494 e. The summed E-state index contributed by atoms with van der Waals surface area (Å²) in [5.74, 6) is -0.211. The average Bonchev–Trinajstić information content (AvgIpc) is 3.17. The summed E-state index contributed by atoms with van der Waals surface area (Å²) in [5, 5.41) is 11.2. The highest BCUT2D eigenvalue weighted by Gasteiger charge is 2.23. The Morgan fingerprint density at radius 2 is 1.66 bits per heavy atom. The fourth-order valence-corrected chi connectivity index (χ4v) is 4.20. The quantitative estimate of drug-likeness (QED) is 0.411. The standard InChI is InChI=1S/C26H19N3O2S/c1-16-9-5-8-14-22(16)29-25(31)20(24(30)28-26(29)32)15-19-18-12-6-7-13-21(18)27-23(19)17-10-3-2-4-11-17/h2-15,31H,1H3,(H,28,30,32). The van der Waals surface area contributed by atoms with E-state index in [0.29, 0.717) is 5.69 Å². The molecule has 1 aliphatic heterocycles. The number of aliphatic imine (C=N–C) groups is 1. The van der Waals surface area contributed by atoms with Crippen LogP contribution in [0.5, 0.6) is 5.88 Å². The lowest BCUT2D eigenvalue weighted by Crippen LogP contribution is -2.17. The van der Waals surface area contributed by atoms with Crippen LogP contribution in [-0.2, 0) is 0 Å². The summed E-state index contributed by atoms with van der Waals surface area (Å²) in [6, 6.07) is 25.1. The second kappa shape index (κ2) is 7.90. The molecule has 3 aromatic carbocycles. The molecule has 0 unspecified atom stereocenters. The molecule has 1 aromatic heterocycles. The summed E-state index contributed by atoms with van der Waals surface area (Å²) in [4.78, 5) is 20.4. The molecular formula is C26H19N3O2S. The number of aryl methyl sites for hydroxylation is 1. The molecule has 0 saturated carbocycles. The van der Waals surface area contributed by atoms with E-state index in [1.807, 2.05) is 85.8 Å². The van der Waals surface area contributed by atoms with Crippen molar-refractivity contribution in [2.45, 2.75) is 6.92 Å². The van der Waals surface area contributed by atoms with Crippen LogP contribution in [-0.4, -0.2) is 20.4 Å². The molecule has 0 fully saturated rings. The number of aromatic nitrogens is 2. The van der Waals surface area contributed by atoms with E-state index in [1.54, 1.807) is 6.08 Å². The van der Waals surface area contributed by atoms with Gasteiger partial charge in [0.05, 0.1) is 17.1 Å². The third-order valence-electron chi connectivity index (χ3n) is 5.49. The molecule has 0 bridgehead atoms. The fraction of sp³-hybridized carbons (Fsp3) is 0.0385. The Labute approximate surface area is 189 Å². The van der Waals surface area contributed by atoms with Gasteiger partial charge in [0.25, 0.3) is 5.56 Å². The minimum Gasteiger partial charge on any atom is -0.494 e. The molecule has 0 saturated heterocycles. The van der Waals surface area contributed by atoms with Crippen molar-refractivity contribution in [2.75, 3.05) is 0 Å². The first-order chi connectivity index (χ1) is 15.5. The molecule has 0 aliphatic carbocycles. The van der Waals surface area contributed by atoms with Gasteiger partial charge in [-0.05, 0) is 42.9 Å². The lowest BCUT2D eigenvalue weighted by molar-refractivity contribution is 0.431. The van der Waals surface area contributed by atoms with Gasteiger partial charge < -0.3 is 5.11 Å². The highest BCUT2D eigenvalue weighted by atomic mass is 32.1. The van der Waals surface area contributed by atoms with E-state index in [4.69, 9.17) is 17.2 Å². The van der Waals surface area contributed by atoms with Gasteiger partial charge in [-0.15, -0.1) is 0 Å². The zero-order valence-corrected chi connectivity index (χ0v) is 18.1. The Bertz CT molecular complexity index is 1530. The molecule has 2 N–H and O–H groups in total. The molecular weight excluding hydrogens is 418 g/mol. The topological polar surface area (TPSA) is 70.4 Å². The summed E-state index contributed by atoms with van der Waals surface area (Å²) >= 11 is 5.38. The van der Waals surface area contributed by atoms with E-state index in [0.717, 1.165) is 33.7 Å². The van der Waals surface area contributed by atoms with Crippen molar-refractivity contribution < 1.29 is 5.11 Å². The Kier molecular flexibility index (Phi) is 4.92.